The first kappa shape index (κ1) is 21.8. The van der Waals surface area contributed by atoms with Gasteiger partial charge in [-0.3, -0.25) is 4.79 Å². The van der Waals surface area contributed by atoms with E-state index in [4.69, 9.17) is 30.5 Å². The summed E-state index contributed by atoms with van der Waals surface area (Å²) in [6.45, 7) is 6.57. The van der Waals surface area contributed by atoms with Crippen LogP contribution in [0.1, 0.15) is 57.6 Å². The average molecular weight is 464 g/mol. The molecule has 2 aliphatic heterocycles. The van der Waals surface area contributed by atoms with E-state index in [-0.39, 0.29) is 11.8 Å². The second-order valence-corrected chi connectivity index (χ2v) is 10.0. The molecule has 1 spiro atoms. The fourth-order valence-electron chi connectivity index (χ4n) is 6.90. The normalized spacial score (nSPS) is 35.1. The van der Waals surface area contributed by atoms with Crippen molar-refractivity contribution in [3.63, 3.8) is 0 Å². The maximum Gasteiger partial charge on any atom is 0.411 e. The molecule has 1 saturated carbocycles. The Morgan fingerprint density at radius 3 is 2.84 bits per heavy atom. The van der Waals surface area contributed by atoms with Gasteiger partial charge < -0.3 is 23.8 Å². The van der Waals surface area contributed by atoms with Gasteiger partial charge in [0, 0.05) is 25.1 Å². The van der Waals surface area contributed by atoms with Crippen LogP contribution in [0.4, 0.5) is 4.79 Å². The Hall–Kier alpha value is -1.99. The van der Waals surface area contributed by atoms with E-state index < -0.39 is 28.3 Å². The standard InChI is InChI=1S/C24H30ClNO6/c1-5-12-30-24-9-8-18(27)22(3)23(24)10-11-26(21(28)31-14(2)25)17(24)13-15-6-7-16(29-4)20(32-22)19(15)23/h6-7,14,17H,5,8-13H2,1-4H3/t14?,17-,22+,23+,24?/m1/s1. The smallest absolute Gasteiger partial charge is 0.411 e. The second-order valence-electron chi connectivity index (χ2n) is 9.42. The van der Waals surface area contributed by atoms with Crippen LogP contribution >= 0.6 is 11.6 Å². The van der Waals surface area contributed by atoms with Gasteiger partial charge in [0.05, 0.1) is 18.6 Å². The minimum absolute atomic E-state index is 0.0727. The molecule has 1 saturated heterocycles. The van der Waals surface area contributed by atoms with E-state index in [1.54, 1.807) is 18.9 Å². The molecule has 174 valence electrons. The van der Waals surface area contributed by atoms with E-state index in [9.17, 15) is 9.59 Å². The van der Waals surface area contributed by atoms with Gasteiger partial charge in [-0.05, 0) is 51.2 Å². The Bertz CT molecular complexity index is 981. The lowest BCUT2D eigenvalue weighted by molar-refractivity contribution is -0.226. The number of carbonyl (C=O) groups is 2. The van der Waals surface area contributed by atoms with Crippen molar-refractivity contribution in [3.05, 3.63) is 23.3 Å². The van der Waals surface area contributed by atoms with Gasteiger partial charge in [0.2, 0.25) is 0 Å². The Labute approximate surface area is 193 Å². The molecule has 8 heteroatoms. The maximum absolute atomic E-state index is 13.5. The third-order valence-electron chi connectivity index (χ3n) is 8.07. The van der Waals surface area contributed by atoms with Crippen LogP contribution in [0.25, 0.3) is 0 Å². The van der Waals surface area contributed by atoms with Gasteiger partial charge in [0.25, 0.3) is 0 Å². The van der Waals surface area contributed by atoms with Crippen LogP contribution in [0.15, 0.2) is 12.1 Å². The van der Waals surface area contributed by atoms with Gasteiger partial charge in [-0.1, -0.05) is 24.6 Å². The van der Waals surface area contributed by atoms with E-state index in [0.717, 1.165) is 17.5 Å². The summed E-state index contributed by atoms with van der Waals surface area (Å²) in [4.78, 5) is 28.3. The van der Waals surface area contributed by atoms with Crippen LogP contribution in [0.5, 0.6) is 11.5 Å². The van der Waals surface area contributed by atoms with E-state index in [1.165, 1.54) is 0 Å². The van der Waals surface area contributed by atoms with Crippen molar-refractivity contribution in [3.8, 4) is 11.5 Å². The summed E-state index contributed by atoms with van der Waals surface area (Å²) in [6, 6.07) is 3.63. The monoisotopic (exact) mass is 463 g/mol. The molecule has 4 aliphatic rings. The minimum atomic E-state index is -1.08. The minimum Gasteiger partial charge on any atom is -0.493 e. The summed E-state index contributed by atoms with van der Waals surface area (Å²) < 4.78 is 24.3. The lowest BCUT2D eigenvalue weighted by atomic mass is 9.45. The molecule has 0 radical (unpaired) electrons. The molecule has 7 nitrogen and oxygen atoms in total. The fraction of sp³-hybridized carbons (Fsp3) is 0.667. The van der Waals surface area contributed by atoms with Crippen molar-refractivity contribution >= 4 is 23.5 Å². The number of nitrogens with zero attached hydrogens (tertiary/aromatic N) is 1. The number of hydrogen-bond acceptors (Lipinski definition) is 6. The molecule has 0 aromatic heterocycles. The van der Waals surface area contributed by atoms with E-state index in [1.807, 2.05) is 19.1 Å². The lowest BCUT2D eigenvalue weighted by Crippen LogP contribution is -2.81. The van der Waals surface area contributed by atoms with Gasteiger partial charge in [-0.25, -0.2) is 4.79 Å². The number of Topliss-reactive ketones (excluding diaryl/α,β-unsaturated/α-hetero) is 1. The van der Waals surface area contributed by atoms with Crippen LogP contribution in [0.3, 0.4) is 0 Å². The van der Waals surface area contributed by atoms with E-state index >= 15 is 0 Å². The zero-order valence-electron chi connectivity index (χ0n) is 19.0. The van der Waals surface area contributed by atoms with Crippen molar-refractivity contribution in [2.75, 3.05) is 20.3 Å². The first-order valence-corrected chi connectivity index (χ1v) is 11.9. The Kier molecular flexibility index (Phi) is 4.95. The third kappa shape index (κ3) is 2.47. The molecule has 2 heterocycles. The molecule has 2 bridgehead atoms. The molecular weight excluding hydrogens is 434 g/mol. The zero-order chi connectivity index (χ0) is 22.9. The number of piperidine rings is 1. The average Bonchev–Trinajstić information content (AvgIpc) is 3.03. The molecular formula is C24H30ClNO6. The number of amides is 1. The number of alkyl halides is 1. The molecule has 0 N–H and O–H groups in total. The van der Waals surface area contributed by atoms with Crippen molar-refractivity contribution in [2.24, 2.45) is 0 Å². The first-order valence-electron chi connectivity index (χ1n) is 11.4. The second kappa shape index (κ2) is 7.26. The summed E-state index contributed by atoms with van der Waals surface area (Å²) in [7, 11) is 1.61. The molecule has 2 aliphatic carbocycles. The maximum atomic E-state index is 13.5. The molecule has 1 amide bonds. The number of ketones is 1. The fourth-order valence-corrected chi connectivity index (χ4v) is 6.98. The quantitative estimate of drug-likeness (QED) is 0.615. The van der Waals surface area contributed by atoms with Gasteiger partial charge in [0.1, 0.15) is 5.60 Å². The van der Waals surface area contributed by atoms with Crippen LogP contribution in [-0.2, 0) is 26.1 Å². The highest BCUT2D eigenvalue weighted by Gasteiger charge is 2.79. The number of halogens is 1. The molecule has 1 aromatic rings. The van der Waals surface area contributed by atoms with Crippen molar-refractivity contribution < 1.29 is 28.5 Å². The third-order valence-corrected chi connectivity index (χ3v) is 8.16. The number of carbonyl (C=O) groups excluding carboxylic acids is 2. The van der Waals surface area contributed by atoms with Crippen LogP contribution in [0, 0.1) is 0 Å². The largest absolute Gasteiger partial charge is 0.493 e. The predicted octanol–water partition coefficient (Wildman–Crippen LogP) is 3.96. The van der Waals surface area contributed by atoms with Crippen LogP contribution < -0.4 is 9.47 Å². The van der Waals surface area contributed by atoms with Crippen molar-refractivity contribution in [2.45, 2.75) is 81.1 Å². The number of rotatable bonds is 5. The van der Waals surface area contributed by atoms with Crippen LogP contribution in [0.2, 0.25) is 0 Å². The molecule has 5 atom stereocenters. The summed E-state index contributed by atoms with van der Waals surface area (Å²) in [5.41, 5.74) is -1.18. The first-order chi connectivity index (χ1) is 15.3. The molecule has 1 aromatic carbocycles. The highest BCUT2D eigenvalue weighted by molar-refractivity contribution is 6.19. The SMILES string of the molecule is CCCOC12CCC(=O)[C@]3(C)Oc4c(OC)ccc5c4[C@]13CCN(C(=O)OC(C)Cl)[C@@H]2C5. The molecule has 32 heavy (non-hydrogen) atoms. The Balaban J connectivity index is 1.76. The zero-order valence-corrected chi connectivity index (χ0v) is 19.8. The molecule has 5 rings (SSSR count). The van der Waals surface area contributed by atoms with Gasteiger partial charge in [-0.2, -0.15) is 0 Å². The van der Waals surface area contributed by atoms with Crippen molar-refractivity contribution in [1.82, 2.24) is 4.90 Å². The molecule has 2 unspecified atom stereocenters. The summed E-state index contributed by atoms with van der Waals surface area (Å²) >= 11 is 5.99. The number of ether oxygens (including phenoxy) is 4. The Morgan fingerprint density at radius 1 is 1.38 bits per heavy atom. The summed E-state index contributed by atoms with van der Waals surface area (Å²) in [6.07, 6.45) is 2.38. The highest BCUT2D eigenvalue weighted by atomic mass is 35.5. The Morgan fingerprint density at radius 2 is 2.16 bits per heavy atom. The van der Waals surface area contributed by atoms with E-state index in [0.29, 0.717) is 50.3 Å². The molecule has 2 fully saturated rings. The van der Waals surface area contributed by atoms with Crippen LogP contribution in [-0.4, -0.2) is 59.8 Å². The number of benzene rings is 1. The summed E-state index contributed by atoms with van der Waals surface area (Å²) in [5.74, 6) is 1.35. The highest BCUT2D eigenvalue weighted by Crippen LogP contribution is 2.69. The number of likely N-dealkylation sites (tertiary alicyclic amines) is 1. The van der Waals surface area contributed by atoms with Gasteiger partial charge in [-0.15, -0.1) is 0 Å². The topological polar surface area (TPSA) is 74.3 Å². The number of methoxy groups -OCH3 is 1. The van der Waals surface area contributed by atoms with E-state index in [2.05, 4.69) is 6.92 Å². The van der Waals surface area contributed by atoms with Gasteiger partial charge in [0.15, 0.2) is 28.4 Å². The van der Waals surface area contributed by atoms with Crippen molar-refractivity contribution in [1.29, 1.82) is 0 Å². The lowest BCUT2D eigenvalue weighted by Gasteiger charge is -2.66. The predicted molar refractivity (Wildman–Crippen MR) is 118 cm³/mol. The number of hydrogen-bond donors (Lipinski definition) is 0. The summed E-state index contributed by atoms with van der Waals surface area (Å²) in [5, 5.41) is 0. The van der Waals surface area contributed by atoms with Gasteiger partial charge >= 0.3 is 6.09 Å².